The second-order valence-corrected chi connectivity index (χ2v) is 10.5. The maximum absolute atomic E-state index is 7.38. The molecule has 0 fully saturated rings. The Morgan fingerprint density at radius 1 is 0.419 bits per heavy atom. The van der Waals surface area contributed by atoms with E-state index in [1.807, 2.05) is 102 Å². The van der Waals surface area contributed by atoms with Crippen LogP contribution in [0.25, 0.3) is 89.7 Å². The number of H-pyrrole nitrogens is 2. The van der Waals surface area contributed by atoms with Crippen LogP contribution in [-0.2, 0) is 0 Å². The van der Waals surface area contributed by atoms with Gasteiger partial charge in [-0.2, -0.15) is 0 Å². The summed E-state index contributed by atoms with van der Waals surface area (Å²) in [4.78, 5) is 38.7. The quantitative estimate of drug-likeness (QED) is 0.215. The van der Waals surface area contributed by atoms with Crippen molar-refractivity contribution in [2.75, 3.05) is 0 Å². The van der Waals surface area contributed by atoms with E-state index in [1.165, 1.54) is 0 Å². The van der Waals surface area contributed by atoms with Gasteiger partial charge in [0, 0.05) is 43.8 Å². The van der Waals surface area contributed by atoms with Crippen LogP contribution in [0.3, 0.4) is 0 Å². The van der Waals surface area contributed by atoms with Crippen molar-refractivity contribution in [1.29, 1.82) is 5.26 Å². The number of rotatable bonds is 0. The molecule has 10 heteroatoms. The average molecular weight is 570 g/mol. The number of hydrogen-bond donors (Lipinski definition) is 2. The maximum atomic E-state index is 7.38. The first-order chi connectivity index (χ1) is 21.2. The lowest BCUT2D eigenvalue weighted by molar-refractivity contribution is 1.19. The van der Waals surface area contributed by atoms with Crippen LogP contribution in [0, 0.1) is 10.2 Å². The number of benzene rings is 4. The summed E-state index contributed by atoms with van der Waals surface area (Å²) in [6.45, 7) is 0. The first-order valence-corrected chi connectivity index (χ1v) is 14.7. The first-order valence-electron chi connectivity index (χ1n) is 13.7. The first kappa shape index (κ1) is 25.0. The van der Waals surface area contributed by atoms with Gasteiger partial charge >= 0.3 is 16.3 Å². The van der Waals surface area contributed by atoms with Crippen LogP contribution in [0.1, 0.15) is 0 Å². The van der Waals surface area contributed by atoms with E-state index in [1.54, 1.807) is 0 Å². The highest BCUT2D eigenvalue weighted by Gasteiger charge is 2.21. The number of aromatic nitrogens is 8. The zero-order chi connectivity index (χ0) is 28.9. The van der Waals surface area contributed by atoms with E-state index in [4.69, 9.17) is 35.2 Å². The zero-order valence-electron chi connectivity index (χ0n) is 22.9. The molecule has 8 bridgehead atoms. The van der Waals surface area contributed by atoms with Crippen molar-refractivity contribution in [3.05, 3.63) is 97.1 Å². The Balaban J connectivity index is 0.000000892. The molecule has 0 saturated heterocycles. The summed E-state index contributed by atoms with van der Waals surface area (Å²) >= 11 is 0.674. The molecule has 0 unspecified atom stereocenters. The smallest absolute Gasteiger partial charge is 0.324 e. The standard InChI is InChI=1S/C32H18N8.CN.Al.2H/c1-2-10-18-17(9-1)25-33-26(18)38-28-21-13-5-6-14-22(21)30(35-28)40-32-24-16-8-7-15-23(24)31(36-32)39-29-20-12-4-3-11-19(20)27(34-29)37-25;1-2;;;/h1-16H,(H2,33,34,35,36,37,38,39,40);;;;. The molecular formula is C33H20AlN9. The van der Waals surface area contributed by atoms with Crippen LogP contribution in [0.15, 0.2) is 97.1 Å². The number of nitrogens with zero attached hydrogens (tertiary/aromatic N) is 7. The fourth-order valence-corrected chi connectivity index (χ4v) is 5.59. The predicted octanol–water partition coefficient (Wildman–Crippen LogP) is 5.97. The van der Waals surface area contributed by atoms with E-state index >= 15 is 0 Å². The van der Waals surface area contributed by atoms with E-state index in [9.17, 15) is 0 Å². The zero-order valence-corrected chi connectivity index (χ0v) is 24.9. The molecule has 3 aromatic heterocycles. The molecule has 43 heavy (non-hydrogen) atoms. The van der Waals surface area contributed by atoms with Crippen molar-refractivity contribution in [2.24, 2.45) is 0 Å². The molecule has 2 N–H and O–H groups in total. The van der Waals surface area contributed by atoms with Gasteiger partial charge in [-0.3, -0.25) is 0 Å². The summed E-state index contributed by atoms with van der Waals surface area (Å²) in [7, 11) is 0. The van der Waals surface area contributed by atoms with Crippen molar-refractivity contribution in [3.63, 3.8) is 0 Å². The Morgan fingerprint density at radius 2 is 0.651 bits per heavy atom. The fraction of sp³-hybridized carbons (Fsp3) is 0. The van der Waals surface area contributed by atoms with Gasteiger partial charge in [0.15, 0.2) is 23.3 Å². The number of fused-ring (bicyclic) bond motifs is 20. The lowest BCUT2D eigenvalue weighted by Gasteiger charge is -1.96. The van der Waals surface area contributed by atoms with Crippen molar-refractivity contribution < 1.29 is 0 Å². The third-order valence-electron chi connectivity index (χ3n) is 7.46. The molecule has 9 rings (SSSR count). The second-order valence-electron chi connectivity index (χ2n) is 10.0. The minimum absolute atomic E-state index is 0.597. The number of nitrogens with one attached hydrogen (secondary N) is 2. The Labute approximate surface area is 252 Å². The summed E-state index contributed by atoms with van der Waals surface area (Å²) in [5.74, 6) is 2.39. The third kappa shape index (κ3) is 4.07. The summed E-state index contributed by atoms with van der Waals surface area (Å²) in [5, 5.41) is 11.2. The Hall–Kier alpha value is -5.74. The molecule has 4 aromatic carbocycles. The largest absolute Gasteiger partial charge is 0.376 e. The van der Waals surface area contributed by atoms with Gasteiger partial charge < -0.3 is 9.97 Å². The van der Waals surface area contributed by atoms with Crippen LogP contribution < -0.4 is 0 Å². The van der Waals surface area contributed by atoms with Crippen molar-refractivity contribution in [3.8, 4) is 50.5 Å². The van der Waals surface area contributed by atoms with E-state index in [-0.39, 0.29) is 0 Å². The second kappa shape index (κ2) is 9.97. The average Bonchev–Trinajstić information content (AvgIpc) is 3.77. The fourth-order valence-electron chi connectivity index (χ4n) is 5.59. The molecule has 5 heterocycles. The molecule has 0 radical (unpaired) electrons. The molecule has 0 saturated carbocycles. The van der Waals surface area contributed by atoms with Crippen molar-refractivity contribution in [2.45, 2.75) is 0 Å². The van der Waals surface area contributed by atoms with Gasteiger partial charge in [-0.15, -0.1) is 0 Å². The predicted molar refractivity (Wildman–Crippen MR) is 170 cm³/mol. The Kier molecular flexibility index (Phi) is 5.80. The Morgan fingerprint density at radius 3 is 0.907 bits per heavy atom. The SMILES string of the molecule is N#[C][AlH2].c1ccc2c(c1)-c1nc-2nc2[nH]c(nc3nc(nc4[nH]c(n1)c1ccccc41)-c1ccccc1-3)c1ccccc21. The van der Waals surface area contributed by atoms with Gasteiger partial charge in [0.2, 0.25) is 0 Å². The van der Waals surface area contributed by atoms with E-state index < -0.39 is 0 Å². The summed E-state index contributed by atoms with van der Waals surface area (Å²) in [6.07, 6.45) is 0. The van der Waals surface area contributed by atoms with Gasteiger partial charge in [0.05, 0.1) is 0 Å². The summed E-state index contributed by atoms with van der Waals surface area (Å²) in [5.41, 5.74) is 6.45. The lowest BCUT2D eigenvalue weighted by atomic mass is 10.1. The van der Waals surface area contributed by atoms with Crippen LogP contribution in [0.2, 0.25) is 0 Å². The Bertz CT molecular complexity index is 2130. The van der Waals surface area contributed by atoms with E-state index in [0.717, 1.165) is 43.8 Å². The monoisotopic (exact) mass is 569 g/mol. The molecule has 7 aromatic rings. The van der Waals surface area contributed by atoms with Gasteiger partial charge in [0.25, 0.3) is 0 Å². The topological polar surface area (TPSA) is 133 Å². The number of aromatic amines is 2. The molecule has 0 spiro atoms. The molecule has 200 valence electrons. The summed E-state index contributed by atoms with van der Waals surface area (Å²) < 4.78 is 0. The van der Waals surface area contributed by atoms with Crippen LogP contribution in [-0.4, -0.2) is 56.2 Å². The van der Waals surface area contributed by atoms with Gasteiger partial charge in [-0.1, -0.05) is 102 Å². The molecule has 9 nitrogen and oxygen atoms in total. The highest BCUT2D eigenvalue weighted by Crippen LogP contribution is 2.36. The van der Waals surface area contributed by atoms with E-state index in [2.05, 4.69) is 9.97 Å². The number of hydrogen-bond acceptors (Lipinski definition) is 7. The van der Waals surface area contributed by atoms with E-state index in [0.29, 0.717) is 62.2 Å². The van der Waals surface area contributed by atoms with Gasteiger partial charge in [-0.25, -0.2) is 35.2 Å². The summed E-state index contributed by atoms with van der Waals surface area (Å²) in [6, 6.07) is 32.2. The molecule has 0 aliphatic carbocycles. The molecule has 0 amide bonds. The molecule has 2 aliphatic rings. The third-order valence-corrected chi connectivity index (χ3v) is 7.46. The van der Waals surface area contributed by atoms with Gasteiger partial charge in [-0.05, 0) is 0 Å². The lowest BCUT2D eigenvalue weighted by Crippen LogP contribution is -1.82. The minimum Gasteiger partial charge on any atom is -0.324 e. The van der Waals surface area contributed by atoms with Crippen LogP contribution in [0.4, 0.5) is 0 Å². The highest BCUT2D eigenvalue weighted by molar-refractivity contribution is 6.20. The molecular weight excluding hydrogens is 549 g/mol. The van der Waals surface area contributed by atoms with Crippen LogP contribution >= 0.6 is 0 Å². The maximum Gasteiger partial charge on any atom is 0.376 e. The number of nitriles is 1. The van der Waals surface area contributed by atoms with Crippen molar-refractivity contribution >= 4 is 60.4 Å². The molecule has 0 atom stereocenters. The molecule has 2 aliphatic heterocycles. The highest BCUT2D eigenvalue weighted by atomic mass is 27.0. The van der Waals surface area contributed by atoms with Crippen molar-refractivity contribution in [1.82, 2.24) is 39.9 Å². The minimum atomic E-state index is 0.597. The van der Waals surface area contributed by atoms with Gasteiger partial charge in [0.1, 0.15) is 22.6 Å². The normalized spacial score (nSPS) is 11.3. The van der Waals surface area contributed by atoms with Crippen LogP contribution in [0.5, 0.6) is 0 Å².